The average molecular weight is 361 g/mol. The van der Waals surface area contributed by atoms with Crippen molar-refractivity contribution in [2.45, 2.75) is 13.8 Å². The third kappa shape index (κ3) is 2.99. The summed E-state index contributed by atoms with van der Waals surface area (Å²) in [6.45, 7) is 5.89. The van der Waals surface area contributed by atoms with E-state index in [0.29, 0.717) is 16.5 Å². The van der Waals surface area contributed by atoms with Gasteiger partial charge in [-0.2, -0.15) is 0 Å². The van der Waals surface area contributed by atoms with E-state index in [4.69, 9.17) is 4.42 Å². The highest BCUT2D eigenvalue weighted by atomic mass is 16.4. The van der Waals surface area contributed by atoms with Gasteiger partial charge in [0.2, 0.25) is 0 Å². The fourth-order valence-electron chi connectivity index (χ4n) is 3.26. The van der Waals surface area contributed by atoms with E-state index in [1.54, 1.807) is 30.3 Å². The molecule has 0 bridgehead atoms. The molecule has 1 N–H and O–H groups in total. The molecule has 2 heterocycles. The zero-order chi connectivity index (χ0) is 19.0. The molecule has 6 heteroatoms. The summed E-state index contributed by atoms with van der Waals surface area (Å²) >= 11 is 0. The number of para-hydroxylation sites is 1. The van der Waals surface area contributed by atoms with Gasteiger partial charge in [-0.3, -0.25) is 4.79 Å². The monoisotopic (exact) mass is 361 g/mol. The molecular formula is C21H19N3O3. The first-order chi connectivity index (χ1) is 13.1. The lowest BCUT2D eigenvalue weighted by Gasteiger charge is -2.21. The van der Waals surface area contributed by atoms with Crippen LogP contribution in [0.25, 0.3) is 33.3 Å². The Balaban J connectivity index is 1.88. The number of rotatable bonds is 4. The average Bonchev–Trinajstić information content (AvgIpc) is 2.68. The van der Waals surface area contributed by atoms with Crippen LogP contribution in [-0.2, 0) is 0 Å². The van der Waals surface area contributed by atoms with Gasteiger partial charge >= 0.3 is 5.63 Å². The molecule has 136 valence electrons. The Bertz CT molecular complexity index is 1250. The maximum absolute atomic E-state index is 12.6. The Morgan fingerprint density at radius 1 is 1.04 bits per heavy atom. The summed E-state index contributed by atoms with van der Waals surface area (Å²) in [6.07, 6.45) is 0. The van der Waals surface area contributed by atoms with Crippen LogP contribution < -0.4 is 16.1 Å². The Labute approximate surface area is 155 Å². The number of H-pyrrole nitrogens is 1. The molecule has 0 saturated heterocycles. The van der Waals surface area contributed by atoms with Gasteiger partial charge in [0.15, 0.2) is 0 Å². The number of hydrogen-bond donors (Lipinski definition) is 1. The van der Waals surface area contributed by atoms with E-state index in [1.165, 1.54) is 0 Å². The maximum Gasteiger partial charge on any atom is 0.347 e. The molecule has 0 amide bonds. The molecule has 0 aliphatic rings. The van der Waals surface area contributed by atoms with Crippen LogP contribution in [0.5, 0.6) is 0 Å². The van der Waals surface area contributed by atoms with Crippen LogP contribution in [0, 0.1) is 0 Å². The van der Waals surface area contributed by atoms with Crippen molar-refractivity contribution in [3.8, 4) is 11.4 Å². The molecule has 0 saturated carbocycles. The van der Waals surface area contributed by atoms with Crippen molar-refractivity contribution >= 4 is 27.6 Å². The zero-order valence-corrected chi connectivity index (χ0v) is 15.2. The molecule has 0 fully saturated rings. The first kappa shape index (κ1) is 17.0. The van der Waals surface area contributed by atoms with Gasteiger partial charge in [-0.1, -0.05) is 12.1 Å². The minimum atomic E-state index is -0.530. The molecule has 0 spiro atoms. The van der Waals surface area contributed by atoms with Crippen LogP contribution >= 0.6 is 0 Å². The van der Waals surface area contributed by atoms with Gasteiger partial charge in [-0.15, -0.1) is 0 Å². The first-order valence-corrected chi connectivity index (χ1v) is 8.93. The van der Waals surface area contributed by atoms with Gasteiger partial charge in [0.05, 0.1) is 10.9 Å². The first-order valence-electron chi connectivity index (χ1n) is 8.93. The van der Waals surface area contributed by atoms with Gasteiger partial charge in [0.1, 0.15) is 17.0 Å². The second kappa shape index (κ2) is 6.72. The van der Waals surface area contributed by atoms with E-state index < -0.39 is 5.63 Å². The summed E-state index contributed by atoms with van der Waals surface area (Å²) in [7, 11) is 0. The van der Waals surface area contributed by atoms with Gasteiger partial charge in [0.25, 0.3) is 5.56 Å². The predicted molar refractivity (Wildman–Crippen MR) is 107 cm³/mol. The summed E-state index contributed by atoms with van der Waals surface area (Å²) < 4.78 is 5.53. The smallest absolute Gasteiger partial charge is 0.347 e. The highest BCUT2D eigenvalue weighted by Gasteiger charge is 2.13. The fraction of sp³-hybridized carbons (Fsp3) is 0.190. The fourth-order valence-corrected chi connectivity index (χ4v) is 3.26. The van der Waals surface area contributed by atoms with Crippen LogP contribution in [0.4, 0.5) is 5.69 Å². The Morgan fingerprint density at radius 3 is 2.59 bits per heavy atom. The number of aromatic amines is 1. The molecule has 2 aromatic heterocycles. The third-order valence-corrected chi connectivity index (χ3v) is 4.72. The van der Waals surface area contributed by atoms with Crippen LogP contribution in [0.15, 0.2) is 62.5 Å². The molecule has 0 radical (unpaired) electrons. The largest absolute Gasteiger partial charge is 0.422 e. The van der Waals surface area contributed by atoms with Crippen molar-refractivity contribution in [1.82, 2.24) is 9.97 Å². The molecule has 6 nitrogen and oxygen atoms in total. The third-order valence-electron chi connectivity index (χ3n) is 4.72. The molecule has 0 unspecified atom stereocenters. The molecule has 4 aromatic rings. The van der Waals surface area contributed by atoms with E-state index in [1.807, 2.05) is 18.2 Å². The van der Waals surface area contributed by atoms with Crippen LogP contribution in [0.1, 0.15) is 13.8 Å². The van der Waals surface area contributed by atoms with Crippen LogP contribution in [0.2, 0.25) is 0 Å². The Morgan fingerprint density at radius 2 is 1.81 bits per heavy atom. The van der Waals surface area contributed by atoms with E-state index in [-0.39, 0.29) is 16.9 Å². The minimum Gasteiger partial charge on any atom is -0.422 e. The van der Waals surface area contributed by atoms with Crippen LogP contribution in [0.3, 0.4) is 0 Å². The predicted octanol–water partition coefficient (Wildman–Crippen LogP) is 3.54. The number of nitrogens with one attached hydrogen (secondary N) is 1. The van der Waals surface area contributed by atoms with Crippen molar-refractivity contribution in [3.63, 3.8) is 0 Å². The summed E-state index contributed by atoms with van der Waals surface area (Å²) in [5.74, 6) is 0.210. The molecule has 0 atom stereocenters. The molecular weight excluding hydrogens is 342 g/mol. The van der Waals surface area contributed by atoms with Crippen molar-refractivity contribution in [3.05, 3.63) is 69.3 Å². The van der Waals surface area contributed by atoms with Crippen molar-refractivity contribution in [2.75, 3.05) is 18.0 Å². The number of hydrogen-bond acceptors (Lipinski definition) is 5. The maximum atomic E-state index is 12.6. The molecule has 0 aliphatic heterocycles. The Hall–Kier alpha value is -3.41. The zero-order valence-electron chi connectivity index (χ0n) is 15.2. The van der Waals surface area contributed by atoms with Gasteiger partial charge in [-0.25, -0.2) is 9.78 Å². The van der Waals surface area contributed by atoms with Gasteiger partial charge < -0.3 is 14.3 Å². The van der Waals surface area contributed by atoms with E-state index in [9.17, 15) is 9.59 Å². The number of nitrogens with zero attached hydrogens (tertiary/aromatic N) is 2. The molecule has 27 heavy (non-hydrogen) atoms. The molecule has 2 aromatic carbocycles. The summed E-state index contributed by atoms with van der Waals surface area (Å²) in [4.78, 5) is 34.1. The topological polar surface area (TPSA) is 79.2 Å². The lowest BCUT2D eigenvalue weighted by molar-refractivity contribution is 0.562. The quantitative estimate of drug-likeness (QED) is 0.563. The van der Waals surface area contributed by atoms with Gasteiger partial charge in [0, 0.05) is 30.2 Å². The number of benzene rings is 2. The molecule has 0 aliphatic carbocycles. The minimum absolute atomic E-state index is 0.210. The second-order valence-electron chi connectivity index (χ2n) is 6.27. The van der Waals surface area contributed by atoms with Gasteiger partial charge in [-0.05, 0) is 44.2 Å². The van der Waals surface area contributed by atoms with E-state index in [0.717, 1.165) is 24.2 Å². The highest BCUT2D eigenvalue weighted by Crippen LogP contribution is 2.24. The highest BCUT2D eigenvalue weighted by molar-refractivity contribution is 5.85. The summed E-state index contributed by atoms with van der Waals surface area (Å²) in [6, 6.07) is 14.5. The summed E-state index contributed by atoms with van der Waals surface area (Å²) in [5.41, 5.74) is 1.47. The van der Waals surface area contributed by atoms with E-state index >= 15 is 0 Å². The van der Waals surface area contributed by atoms with Crippen LogP contribution in [-0.4, -0.2) is 23.1 Å². The Kier molecular flexibility index (Phi) is 4.24. The number of fused-ring (bicyclic) bond motifs is 2. The van der Waals surface area contributed by atoms with Crippen molar-refractivity contribution in [2.24, 2.45) is 0 Å². The van der Waals surface area contributed by atoms with Crippen molar-refractivity contribution in [1.29, 1.82) is 0 Å². The second-order valence-corrected chi connectivity index (χ2v) is 6.27. The van der Waals surface area contributed by atoms with Crippen molar-refractivity contribution < 1.29 is 4.42 Å². The number of aromatic nitrogens is 2. The van der Waals surface area contributed by atoms with E-state index in [2.05, 4.69) is 28.7 Å². The number of anilines is 1. The lowest BCUT2D eigenvalue weighted by Crippen LogP contribution is -2.21. The SMILES string of the molecule is CCN(CC)c1ccc2cc(-c3nc4ccccc4c(=O)[nH]3)c(=O)oc2c1. The standard InChI is InChI=1S/C21H19N3O3/c1-3-24(4-2)14-10-9-13-11-16(21(26)27-18(13)12-14)19-22-17-8-6-5-7-15(17)20(25)23-19/h5-12H,3-4H2,1-2H3,(H,22,23,25). The normalized spacial score (nSPS) is 11.2. The lowest BCUT2D eigenvalue weighted by atomic mass is 10.1. The molecule has 4 rings (SSSR count). The summed E-state index contributed by atoms with van der Waals surface area (Å²) in [5, 5.41) is 1.26.